The first kappa shape index (κ1) is 17.2. The molecule has 0 N–H and O–H groups in total. The summed E-state index contributed by atoms with van der Waals surface area (Å²) >= 11 is 0. The number of ether oxygens (including phenoxy) is 3. The van der Waals surface area contributed by atoms with Gasteiger partial charge in [-0.05, 0) is 55.8 Å². The summed E-state index contributed by atoms with van der Waals surface area (Å²) in [6.45, 7) is 7.63. The second kappa shape index (κ2) is 6.50. The molecule has 1 atom stereocenters. The zero-order valence-corrected chi connectivity index (χ0v) is 15.2. The van der Waals surface area contributed by atoms with Crippen LogP contribution >= 0.6 is 0 Å². The van der Waals surface area contributed by atoms with E-state index in [-0.39, 0.29) is 0 Å². The van der Waals surface area contributed by atoms with Gasteiger partial charge < -0.3 is 18.6 Å². The number of hydrogen-bond acceptors (Lipinski definition) is 5. The van der Waals surface area contributed by atoms with Gasteiger partial charge in [0, 0.05) is 24.1 Å². The quantitative estimate of drug-likeness (QED) is 0.591. The van der Waals surface area contributed by atoms with E-state index in [0.717, 1.165) is 16.9 Å². The van der Waals surface area contributed by atoms with Crippen LogP contribution in [-0.2, 0) is 16.0 Å². The Bertz CT molecular complexity index is 947. The van der Waals surface area contributed by atoms with E-state index in [9.17, 15) is 4.79 Å². The van der Waals surface area contributed by atoms with Gasteiger partial charge in [0.2, 0.25) is 0 Å². The van der Waals surface area contributed by atoms with Gasteiger partial charge in [0.05, 0.1) is 6.26 Å². The lowest BCUT2D eigenvalue weighted by molar-refractivity contribution is -0.155. The molecule has 4 rings (SSSR count). The van der Waals surface area contributed by atoms with E-state index >= 15 is 0 Å². The molecule has 0 spiro atoms. The van der Waals surface area contributed by atoms with E-state index < -0.39 is 17.7 Å². The van der Waals surface area contributed by atoms with Gasteiger partial charge in [0.1, 0.15) is 34.7 Å². The number of carbonyl (C=O) groups is 1. The van der Waals surface area contributed by atoms with Crippen LogP contribution in [0.2, 0.25) is 0 Å². The Morgan fingerprint density at radius 3 is 2.93 bits per heavy atom. The molecular weight excluding hydrogens is 344 g/mol. The van der Waals surface area contributed by atoms with Gasteiger partial charge in [-0.25, -0.2) is 4.79 Å². The number of esters is 1. The lowest BCUT2D eigenvalue weighted by atomic mass is 9.89. The number of fused-ring (bicyclic) bond motifs is 2. The number of carbonyl (C=O) groups excluding carboxylic acids is 1. The topological polar surface area (TPSA) is 57.9 Å². The summed E-state index contributed by atoms with van der Waals surface area (Å²) in [4.78, 5) is 12.2. The molecule has 0 amide bonds. The van der Waals surface area contributed by atoms with Gasteiger partial charge >= 0.3 is 5.97 Å². The van der Waals surface area contributed by atoms with Crippen LogP contribution in [0.1, 0.15) is 30.7 Å². The van der Waals surface area contributed by atoms with Gasteiger partial charge in [-0.3, -0.25) is 0 Å². The maximum absolute atomic E-state index is 12.2. The molecule has 0 radical (unpaired) electrons. The third-order valence-corrected chi connectivity index (χ3v) is 4.62. The van der Waals surface area contributed by atoms with Crippen molar-refractivity contribution in [3.05, 3.63) is 71.9 Å². The van der Waals surface area contributed by atoms with Crippen LogP contribution in [0.25, 0.3) is 12.2 Å². The van der Waals surface area contributed by atoms with E-state index in [0.29, 0.717) is 23.7 Å². The molecule has 1 aromatic carbocycles. The fraction of sp³-hybridized carbons (Fsp3) is 0.227. The lowest BCUT2D eigenvalue weighted by Gasteiger charge is -2.39. The molecule has 2 aromatic rings. The molecule has 2 aliphatic heterocycles. The van der Waals surface area contributed by atoms with Crippen molar-refractivity contribution in [2.45, 2.75) is 32.0 Å². The molecule has 0 saturated carbocycles. The Kier molecular flexibility index (Phi) is 4.15. The third kappa shape index (κ3) is 3.53. The molecule has 0 unspecified atom stereocenters. The van der Waals surface area contributed by atoms with Crippen molar-refractivity contribution < 1.29 is 23.4 Å². The average Bonchev–Trinajstić information content (AvgIpc) is 3.12. The predicted octanol–water partition coefficient (Wildman–Crippen LogP) is 4.54. The van der Waals surface area contributed by atoms with Crippen LogP contribution < -0.4 is 9.47 Å². The van der Waals surface area contributed by atoms with E-state index in [4.69, 9.17) is 18.6 Å². The number of allylic oxidation sites excluding steroid dienone is 1. The number of furan rings is 1. The Labute approximate surface area is 157 Å². The van der Waals surface area contributed by atoms with Gasteiger partial charge in [-0.2, -0.15) is 0 Å². The monoisotopic (exact) mass is 364 g/mol. The summed E-state index contributed by atoms with van der Waals surface area (Å²) in [5.74, 6) is 2.20. The normalized spacial score (nSPS) is 19.8. The van der Waals surface area contributed by atoms with Crippen LogP contribution in [0, 0.1) is 0 Å². The maximum Gasteiger partial charge on any atom is 0.331 e. The summed E-state index contributed by atoms with van der Waals surface area (Å²) in [6.07, 6.45) is 8.41. The first-order chi connectivity index (χ1) is 12.9. The van der Waals surface area contributed by atoms with E-state index in [1.807, 2.05) is 38.1 Å². The molecule has 0 saturated heterocycles. The van der Waals surface area contributed by atoms with Gasteiger partial charge in [0.25, 0.3) is 0 Å². The SMILES string of the molecule is C=C1C=Cc2cc3c(cc2O1)OC(C)(C)[C@@H](OC(=O)/C=C/c1ccco1)C3. The maximum atomic E-state index is 12.2. The molecule has 2 aliphatic rings. The summed E-state index contributed by atoms with van der Waals surface area (Å²) in [7, 11) is 0. The Balaban J connectivity index is 1.54. The average molecular weight is 364 g/mol. The van der Waals surface area contributed by atoms with Crippen molar-refractivity contribution >= 4 is 18.1 Å². The smallest absolute Gasteiger partial charge is 0.331 e. The van der Waals surface area contributed by atoms with Crippen LogP contribution in [0.4, 0.5) is 0 Å². The largest absolute Gasteiger partial charge is 0.484 e. The zero-order valence-electron chi connectivity index (χ0n) is 15.2. The third-order valence-electron chi connectivity index (χ3n) is 4.62. The Morgan fingerprint density at radius 1 is 1.30 bits per heavy atom. The van der Waals surface area contributed by atoms with Gasteiger partial charge in [0.15, 0.2) is 0 Å². The number of hydrogen-bond donors (Lipinski definition) is 0. The molecule has 0 bridgehead atoms. The van der Waals surface area contributed by atoms with E-state index in [1.165, 1.54) is 6.08 Å². The summed E-state index contributed by atoms with van der Waals surface area (Å²) in [6, 6.07) is 7.40. The molecule has 5 nitrogen and oxygen atoms in total. The molecule has 3 heterocycles. The highest BCUT2D eigenvalue weighted by atomic mass is 16.6. The van der Waals surface area contributed by atoms with Gasteiger partial charge in [-0.1, -0.05) is 6.58 Å². The van der Waals surface area contributed by atoms with Crippen molar-refractivity contribution in [2.75, 3.05) is 0 Å². The van der Waals surface area contributed by atoms with Gasteiger partial charge in [-0.15, -0.1) is 0 Å². The highest BCUT2D eigenvalue weighted by Crippen LogP contribution is 2.40. The van der Waals surface area contributed by atoms with Crippen LogP contribution in [0.3, 0.4) is 0 Å². The summed E-state index contributed by atoms with van der Waals surface area (Å²) < 4.78 is 22.6. The standard InChI is InChI=1S/C22H20O5/c1-14-6-7-15-11-16-12-20(22(2,3)27-19(16)13-18(15)25-14)26-21(23)9-8-17-5-4-10-24-17/h4-11,13,20H,1,12H2,2-3H3/b9-8+/t20-/m0/s1. The first-order valence-electron chi connectivity index (χ1n) is 8.74. The minimum Gasteiger partial charge on any atom is -0.484 e. The van der Waals surface area contributed by atoms with Crippen molar-refractivity contribution in [1.29, 1.82) is 0 Å². The predicted molar refractivity (Wildman–Crippen MR) is 101 cm³/mol. The molecule has 5 heteroatoms. The molecule has 27 heavy (non-hydrogen) atoms. The number of rotatable bonds is 3. The highest BCUT2D eigenvalue weighted by molar-refractivity contribution is 5.86. The van der Waals surface area contributed by atoms with E-state index in [2.05, 4.69) is 6.58 Å². The molecule has 0 aliphatic carbocycles. The molecule has 0 fully saturated rings. The van der Waals surface area contributed by atoms with Crippen LogP contribution in [0.15, 0.2) is 59.4 Å². The Morgan fingerprint density at radius 2 is 2.15 bits per heavy atom. The van der Waals surface area contributed by atoms with Crippen LogP contribution in [-0.4, -0.2) is 17.7 Å². The van der Waals surface area contributed by atoms with Crippen LogP contribution in [0.5, 0.6) is 11.5 Å². The van der Waals surface area contributed by atoms with E-state index in [1.54, 1.807) is 24.5 Å². The minimum absolute atomic E-state index is 0.416. The van der Waals surface area contributed by atoms with Crippen molar-refractivity contribution in [2.24, 2.45) is 0 Å². The molecule has 138 valence electrons. The summed E-state index contributed by atoms with van der Waals surface area (Å²) in [5.41, 5.74) is 1.26. The second-order valence-electron chi connectivity index (χ2n) is 7.08. The summed E-state index contributed by atoms with van der Waals surface area (Å²) in [5, 5.41) is 0. The molecule has 1 aromatic heterocycles. The van der Waals surface area contributed by atoms with Crippen molar-refractivity contribution in [3.63, 3.8) is 0 Å². The van der Waals surface area contributed by atoms with Crippen molar-refractivity contribution in [3.8, 4) is 11.5 Å². The highest BCUT2D eigenvalue weighted by Gasteiger charge is 2.40. The first-order valence-corrected chi connectivity index (χ1v) is 8.74. The Hall–Kier alpha value is -3.21. The minimum atomic E-state index is -0.670. The second-order valence-corrected chi connectivity index (χ2v) is 7.08. The number of benzene rings is 1. The molecular formula is C22H20O5. The lowest BCUT2D eigenvalue weighted by Crippen LogP contribution is -2.48. The fourth-order valence-electron chi connectivity index (χ4n) is 3.15. The van der Waals surface area contributed by atoms with Crippen molar-refractivity contribution in [1.82, 2.24) is 0 Å². The zero-order chi connectivity index (χ0) is 19.0. The fourth-order valence-corrected chi connectivity index (χ4v) is 3.15.